The van der Waals surface area contributed by atoms with Gasteiger partial charge in [-0.2, -0.15) is 4.98 Å². The van der Waals surface area contributed by atoms with Crippen molar-refractivity contribution in [2.75, 3.05) is 0 Å². The summed E-state index contributed by atoms with van der Waals surface area (Å²) in [6.45, 7) is 2.01. The summed E-state index contributed by atoms with van der Waals surface area (Å²) in [5.74, 6) is 2.15. The molecule has 2 rings (SSSR count). The van der Waals surface area contributed by atoms with Crippen LogP contribution in [0.25, 0.3) is 0 Å². The Morgan fingerprint density at radius 2 is 2.20 bits per heavy atom. The van der Waals surface area contributed by atoms with Gasteiger partial charge in [0.15, 0.2) is 5.82 Å². The number of aryl methyl sites for hydroxylation is 1. The largest absolute Gasteiger partial charge is 0.339 e. The summed E-state index contributed by atoms with van der Waals surface area (Å²) in [7, 11) is 0. The zero-order chi connectivity index (χ0) is 14.4. The Labute approximate surface area is 131 Å². The number of hydrogen-bond donors (Lipinski definition) is 1. The third kappa shape index (κ3) is 4.92. The second-order valence-electron chi connectivity index (χ2n) is 4.69. The molecule has 0 fully saturated rings. The Morgan fingerprint density at radius 3 is 2.95 bits per heavy atom. The molecular formula is C14H18BrN3OS. The third-order valence-corrected chi connectivity index (χ3v) is 4.78. The van der Waals surface area contributed by atoms with E-state index in [2.05, 4.69) is 32.1 Å². The van der Waals surface area contributed by atoms with Crippen LogP contribution < -0.4 is 5.73 Å². The second kappa shape index (κ2) is 7.81. The van der Waals surface area contributed by atoms with Gasteiger partial charge in [-0.25, -0.2) is 0 Å². The molecule has 1 atom stereocenters. The van der Waals surface area contributed by atoms with Crippen LogP contribution in [0.4, 0.5) is 0 Å². The number of halogens is 1. The van der Waals surface area contributed by atoms with E-state index in [1.165, 1.54) is 4.90 Å². The van der Waals surface area contributed by atoms with Gasteiger partial charge in [0.05, 0.1) is 5.75 Å². The quantitative estimate of drug-likeness (QED) is 0.765. The van der Waals surface area contributed by atoms with Gasteiger partial charge in [-0.1, -0.05) is 17.3 Å². The van der Waals surface area contributed by atoms with Gasteiger partial charge in [-0.3, -0.25) is 0 Å². The summed E-state index contributed by atoms with van der Waals surface area (Å²) in [5.41, 5.74) is 5.71. The monoisotopic (exact) mass is 355 g/mol. The first-order valence-electron chi connectivity index (χ1n) is 6.59. The van der Waals surface area contributed by atoms with E-state index in [0.717, 1.165) is 29.6 Å². The van der Waals surface area contributed by atoms with Crippen molar-refractivity contribution in [3.8, 4) is 0 Å². The van der Waals surface area contributed by atoms with Crippen molar-refractivity contribution in [3.05, 3.63) is 40.5 Å². The fourth-order valence-electron chi connectivity index (χ4n) is 1.73. The summed E-state index contributed by atoms with van der Waals surface area (Å²) in [6.07, 6.45) is 2.76. The highest BCUT2D eigenvalue weighted by Crippen LogP contribution is 2.28. The molecule has 0 bridgehead atoms. The predicted molar refractivity (Wildman–Crippen MR) is 84.6 cm³/mol. The fourth-order valence-corrected chi connectivity index (χ4v) is 3.14. The van der Waals surface area contributed by atoms with Crippen molar-refractivity contribution in [1.29, 1.82) is 0 Å². The first kappa shape index (κ1) is 15.5. The molecule has 4 nitrogen and oxygen atoms in total. The van der Waals surface area contributed by atoms with Gasteiger partial charge in [0.1, 0.15) is 0 Å². The van der Waals surface area contributed by atoms with Crippen molar-refractivity contribution in [2.24, 2.45) is 5.73 Å². The lowest BCUT2D eigenvalue weighted by Gasteiger charge is -2.01. The molecule has 20 heavy (non-hydrogen) atoms. The predicted octanol–water partition coefficient (Wildman–Crippen LogP) is 3.79. The number of benzene rings is 1. The van der Waals surface area contributed by atoms with Crippen molar-refractivity contribution in [2.45, 2.75) is 42.9 Å². The number of nitrogens with zero attached hydrogens (tertiary/aromatic N) is 2. The van der Waals surface area contributed by atoms with Crippen LogP contribution in [0.2, 0.25) is 0 Å². The lowest BCUT2D eigenvalue weighted by atomic mass is 10.1. The Hall–Kier alpha value is -0.850. The smallest absolute Gasteiger partial charge is 0.226 e. The van der Waals surface area contributed by atoms with E-state index >= 15 is 0 Å². The van der Waals surface area contributed by atoms with Crippen LogP contribution in [-0.2, 0) is 12.2 Å². The Balaban J connectivity index is 1.82. The van der Waals surface area contributed by atoms with Crippen molar-refractivity contribution >= 4 is 27.7 Å². The van der Waals surface area contributed by atoms with Crippen LogP contribution in [0.3, 0.4) is 0 Å². The van der Waals surface area contributed by atoms with E-state index in [9.17, 15) is 0 Å². The van der Waals surface area contributed by atoms with Gasteiger partial charge < -0.3 is 10.3 Å². The number of hydrogen-bond acceptors (Lipinski definition) is 5. The molecule has 0 aliphatic carbocycles. The molecule has 0 saturated carbocycles. The van der Waals surface area contributed by atoms with Gasteiger partial charge in [0.25, 0.3) is 0 Å². The standard InChI is InChI=1S/C14H18BrN3OS/c1-10(16)5-4-8-14-17-13(18-19-14)9-20-12-7-3-2-6-11(12)15/h2-3,6-7,10H,4-5,8-9,16H2,1H3. The Morgan fingerprint density at radius 1 is 1.40 bits per heavy atom. The van der Waals surface area contributed by atoms with Crippen molar-refractivity contribution in [3.63, 3.8) is 0 Å². The SMILES string of the molecule is CC(N)CCCc1nc(CSc2ccccc2Br)no1. The molecule has 0 saturated heterocycles. The average Bonchev–Trinajstić information content (AvgIpc) is 2.85. The normalized spacial score (nSPS) is 12.6. The number of thioether (sulfide) groups is 1. The van der Waals surface area contributed by atoms with E-state index < -0.39 is 0 Å². The summed E-state index contributed by atoms with van der Waals surface area (Å²) < 4.78 is 6.33. The van der Waals surface area contributed by atoms with Crippen LogP contribution in [0.5, 0.6) is 0 Å². The van der Waals surface area contributed by atoms with Crippen molar-refractivity contribution < 1.29 is 4.52 Å². The van der Waals surface area contributed by atoms with E-state index in [1.807, 2.05) is 25.1 Å². The molecule has 0 aliphatic rings. The van der Waals surface area contributed by atoms with E-state index in [4.69, 9.17) is 10.3 Å². The molecule has 2 N–H and O–H groups in total. The Bertz CT molecular complexity index is 545. The molecule has 1 unspecified atom stereocenters. The molecule has 1 aromatic heterocycles. The molecule has 1 heterocycles. The third-order valence-electron chi connectivity index (χ3n) is 2.75. The number of rotatable bonds is 7. The summed E-state index contributed by atoms with van der Waals surface area (Å²) in [6, 6.07) is 8.33. The van der Waals surface area contributed by atoms with E-state index in [-0.39, 0.29) is 6.04 Å². The van der Waals surface area contributed by atoms with Gasteiger partial charge in [-0.05, 0) is 47.8 Å². The minimum atomic E-state index is 0.225. The highest BCUT2D eigenvalue weighted by atomic mass is 79.9. The van der Waals surface area contributed by atoms with E-state index in [0.29, 0.717) is 11.6 Å². The lowest BCUT2D eigenvalue weighted by Crippen LogP contribution is -2.14. The molecule has 2 aromatic rings. The second-order valence-corrected chi connectivity index (χ2v) is 6.56. The summed E-state index contributed by atoms with van der Waals surface area (Å²) in [4.78, 5) is 5.57. The minimum Gasteiger partial charge on any atom is -0.339 e. The average molecular weight is 356 g/mol. The highest BCUT2D eigenvalue weighted by molar-refractivity contribution is 9.10. The molecule has 0 radical (unpaired) electrons. The zero-order valence-corrected chi connectivity index (χ0v) is 13.8. The van der Waals surface area contributed by atoms with Gasteiger partial charge in [0, 0.05) is 21.8 Å². The van der Waals surface area contributed by atoms with E-state index in [1.54, 1.807) is 11.8 Å². The molecule has 108 valence electrons. The Kier molecular flexibility index (Phi) is 6.06. The van der Waals surface area contributed by atoms with Gasteiger partial charge in [0.2, 0.25) is 5.89 Å². The number of nitrogens with two attached hydrogens (primary N) is 1. The van der Waals surface area contributed by atoms with Crippen molar-refractivity contribution in [1.82, 2.24) is 10.1 Å². The lowest BCUT2D eigenvalue weighted by molar-refractivity contribution is 0.369. The molecule has 0 spiro atoms. The topological polar surface area (TPSA) is 64.9 Å². The maximum atomic E-state index is 5.71. The first-order chi connectivity index (χ1) is 9.65. The van der Waals surface area contributed by atoms with Crippen LogP contribution >= 0.6 is 27.7 Å². The maximum absolute atomic E-state index is 5.71. The first-order valence-corrected chi connectivity index (χ1v) is 8.37. The van der Waals surface area contributed by atoms with Crippen LogP contribution in [0.1, 0.15) is 31.5 Å². The molecule has 0 aliphatic heterocycles. The number of aromatic nitrogens is 2. The summed E-state index contributed by atoms with van der Waals surface area (Å²) >= 11 is 5.22. The van der Waals surface area contributed by atoms with Gasteiger partial charge in [-0.15, -0.1) is 11.8 Å². The van der Waals surface area contributed by atoms with Crippen LogP contribution in [0.15, 0.2) is 38.2 Å². The molecular weight excluding hydrogens is 338 g/mol. The molecule has 1 aromatic carbocycles. The van der Waals surface area contributed by atoms with Crippen LogP contribution in [-0.4, -0.2) is 16.2 Å². The maximum Gasteiger partial charge on any atom is 0.226 e. The summed E-state index contributed by atoms with van der Waals surface area (Å²) in [5, 5.41) is 4.01. The zero-order valence-electron chi connectivity index (χ0n) is 11.4. The highest BCUT2D eigenvalue weighted by Gasteiger charge is 2.08. The molecule has 6 heteroatoms. The van der Waals surface area contributed by atoms with Crippen LogP contribution in [0, 0.1) is 0 Å². The molecule has 0 amide bonds. The van der Waals surface area contributed by atoms with Gasteiger partial charge >= 0.3 is 0 Å². The fraction of sp³-hybridized carbons (Fsp3) is 0.429. The minimum absolute atomic E-state index is 0.225.